The fourth-order valence-corrected chi connectivity index (χ4v) is 4.16. The Balaban J connectivity index is 2.16. The molecule has 1 aromatic rings. The highest BCUT2D eigenvalue weighted by atomic mass is 32.2. The second-order valence-electron chi connectivity index (χ2n) is 6.25. The molecule has 124 valence electrons. The van der Waals surface area contributed by atoms with E-state index in [1.807, 2.05) is 12.1 Å². The third-order valence-corrected chi connectivity index (χ3v) is 5.27. The zero-order valence-electron chi connectivity index (χ0n) is 13.0. The lowest BCUT2D eigenvalue weighted by Crippen LogP contribution is -2.38. The van der Waals surface area contributed by atoms with Crippen LogP contribution in [0.2, 0.25) is 0 Å². The number of morpholine rings is 1. The number of nitrogens with two attached hydrogens (primary N) is 1. The number of primary sulfonamides is 1. The van der Waals surface area contributed by atoms with E-state index >= 15 is 0 Å². The van der Waals surface area contributed by atoms with E-state index in [0.717, 1.165) is 38.4 Å². The van der Waals surface area contributed by atoms with Crippen molar-refractivity contribution in [2.45, 2.75) is 31.2 Å². The number of rotatable bonds is 5. The van der Waals surface area contributed by atoms with Crippen LogP contribution in [0, 0.1) is 0 Å². The number of benzene rings is 1. The molecule has 0 radical (unpaired) electrons. The molecule has 2 rings (SSSR count). The molecule has 0 spiro atoms. The zero-order chi connectivity index (χ0) is 16.4. The van der Waals surface area contributed by atoms with Gasteiger partial charge >= 0.3 is 0 Å². The van der Waals surface area contributed by atoms with Gasteiger partial charge in [0.25, 0.3) is 0 Å². The van der Waals surface area contributed by atoms with Crippen molar-refractivity contribution in [3.05, 3.63) is 35.4 Å². The summed E-state index contributed by atoms with van der Waals surface area (Å²) in [5.41, 5.74) is 0.148. The molecule has 22 heavy (non-hydrogen) atoms. The van der Waals surface area contributed by atoms with Crippen LogP contribution in [-0.4, -0.2) is 50.3 Å². The lowest BCUT2D eigenvalue weighted by molar-refractivity contribution is 0.0342. The van der Waals surface area contributed by atoms with Crippen LogP contribution in [-0.2, 0) is 21.3 Å². The average molecular weight is 328 g/mol. The number of nitrogens with zero attached hydrogens (tertiary/aromatic N) is 1. The highest BCUT2D eigenvalue weighted by Gasteiger charge is 2.37. The Labute approximate surface area is 131 Å². The van der Waals surface area contributed by atoms with Crippen molar-refractivity contribution in [3.8, 4) is 0 Å². The van der Waals surface area contributed by atoms with Gasteiger partial charge in [-0.25, -0.2) is 13.6 Å². The maximum atomic E-state index is 11.8. The van der Waals surface area contributed by atoms with Gasteiger partial charge in [-0.15, -0.1) is 0 Å². The first kappa shape index (κ1) is 17.4. The van der Waals surface area contributed by atoms with E-state index in [9.17, 15) is 13.5 Å². The molecule has 1 unspecified atom stereocenters. The van der Waals surface area contributed by atoms with Crippen molar-refractivity contribution in [1.82, 2.24) is 4.90 Å². The molecule has 6 nitrogen and oxygen atoms in total. The fourth-order valence-electron chi connectivity index (χ4n) is 2.81. The van der Waals surface area contributed by atoms with Gasteiger partial charge in [-0.2, -0.15) is 0 Å². The van der Waals surface area contributed by atoms with E-state index in [2.05, 4.69) is 4.90 Å². The SMILES string of the molecule is CC(C)(O)C(c1ccc(CN2CCOCC2)cc1)S(N)(=O)=O. The smallest absolute Gasteiger partial charge is 0.219 e. The van der Waals surface area contributed by atoms with Gasteiger partial charge in [0.2, 0.25) is 10.0 Å². The van der Waals surface area contributed by atoms with Crippen LogP contribution in [0.1, 0.15) is 30.2 Å². The third-order valence-electron chi connectivity index (χ3n) is 3.76. The van der Waals surface area contributed by atoms with Crippen LogP contribution in [0.4, 0.5) is 0 Å². The summed E-state index contributed by atoms with van der Waals surface area (Å²) in [7, 11) is -3.89. The Kier molecular flexibility index (Phi) is 5.24. The second kappa shape index (κ2) is 6.64. The van der Waals surface area contributed by atoms with Gasteiger partial charge in [0, 0.05) is 19.6 Å². The summed E-state index contributed by atoms with van der Waals surface area (Å²) in [6, 6.07) is 7.22. The van der Waals surface area contributed by atoms with E-state index in [0.29, 0.717) is 5.56 Å². The Hall–Kier alpha value is -0.990. The largest absolute Gasteiger partial charge is 0.389 e. The second-order valence-corrected chi connectivity index (χ2v) is 7.90. The van der Waals surface area contributed by atoms with Gasteiger partial charge in [0.15, 0.2) is 0 Å². The minimum Gasteiger partial charge on any atom is -0.389 e. The summed E-state index contributed by atoms with van der Waals surface area (Å²) in [6.07, 6.45) is 0. The lowest BCUT2D eigenvalue weighted by atomic mass is 9.97. The van der Waals surface area contributed by atoms with Crippen LogP contribution < -0.4 is 5.14 Å². The minimum atomic E-state index is -3.89. The summed E-state index contributed by atoms with van der Waals surface area (Å²) < 4.78 is 28.9. The molecule has 7 heteroatoms. The highest BCUT2D eigenvalue weighted by molar-refractivity contribution is 7.89. The van der Waals surface area contributed by atoms with Crippen molar-refractivity contribution in [2.75, 3.05) is 26.3 Å². The summed E-state index contributed by atoms with van der Waals surface area (Å²) in [4.78, 5) is 2.28. The van der Waals surface area contributed by atoms with Crippen molar-refractivity contribution in [3.63, 3.8) is 0 Å². The summed E-state index contributed by atoms with van der Waals surface area (Å²) in [6.45, 7) is 6.96. The van der Waals surface area contributed by atoms with Gasteiger partial charge in [-0.05, 0) is 25.0 Å². The predicted octanol–water partition coefficient (Wildman–Crippen LogP) is 0.619. The Morgan fingerprint density at radius 1 is 1.27 bits per heavy atom. The molecule has 1 aliphatic rings. The highest BCUT2D eigenvalue weighted by Crippen LogP contribution is 2.31. The zero-order valence-corrected chi connectivity index (χ0v) is 13.8. The van der Waals surface area contributed by atoms with Gasteiger partial charge in [0.1, 0.15) is 5.25 Å². The number of ether oxygens (including phenoxy) is 1. The lowest BCUT2D eigenvalue weighted by Gasteiger charge is -2.28. The van der Waals surface area contributed by atoms with Gasteiger partial charge in [-0.1, -0.05) is 24.3 Å². The Bertz CT molecular complexity index is 587. The molecule has 1 fully saturated rings. The number of aliphatic hydroxyl groups is 1. The molecule has 0 bridgehead atoms. The molecule has 0 aromatic heterocycles. The topological polar surface area (TPSA) is 92.9 Å². The Morgan fingerprint density at radius 2 is 1.82 bits per heavy atom. The van der Waals surface area contributed by atoms with E-state index in [1.54, 1.807) is 12.1 Å². The standard InChI is InChI=1S/C15H24N2O4S/c1-15(2,18)14(22(16,19)20)13-5-3-12(4-6-13)11-17-7-9-21-10-8-17/h3-6,14,18H,7-11H2,1-2H3,(H2,16,19,20). The molecular formula is C15H24N2O4S. The number of sulfonamides is 1. The van der Waals surface area contributed by atoms with Crippen molar-refractivity contribution >= 4 is 10.0 Å². The monoisotopic (exact) mass is 328 g/mol. The molecule has 1 aliphatic heterocycles. The van der Waals surface area contributed by atoms with Crippen LogP contribution in [0.25, 0.3) is 0 Å². The minimum absolute atomic E-state index is 0.501. The first-order chi connectivity index (χ1) is 10.2. The van der Waals surface area contributed by atoms with Crippen molar-refractivity contribution < 1.29 is 18.3 Å². The molecule has 0 amide bonds. The quantitative estimate of drug-likeness (QED) is 0.826. The first-order valence-corrected chi connectivity index (χ1v) is 8.92. The summed E-state index contributed by atoms with van der Waals surface area (Å²) >= 11 is 0. The maximum Gasteiger partial charge on any atom is 0.219 e. The van der Waals surface area contributed by atoms with Crippen LogP contribution in [0.15, 0.2) is 24.3 Å². The van der Waals surface area contributed by atoms with Crippen LogP contribution >= 0.6 is 0 Å². The molecule has 0 aliphatic carbocycles. The number of hydrogen-bond acceptors (Lipinski definition) is 5. The van der Waals surface area contributed by atoms with Gasteiger partial charge in [-0.3, -0.25) is 4.90 Å². The van der Waals surface area contributed by atoms with Crippen molar-refractivity contribution in [2.24, 2.45) is 5.14 Å². The third kappa shape index (κ3) is 4.50. The molecular weight excluding hydrogens is 304 g/mol. The van der Waals surface area contributed by atoms with E-state index in [1.165, 1.54) is 13.8 Å². The molecule has 1 aromatic carbocycles. The fraction of sp³-hybridized carbons (Fsp3) is 0.600. The molecule has 1 heterocycles. The van der Waals surface area contributed by atoms with E-state index in [4.69, 9.17) is 9.88 Å². The average Bonchev–Trinajstić information content (AvgIpc) is 2.39. The van der Waals surface area contributed by atoms with E-state index in [-0.39, 0.29) is 0 Å². The van der Waals surface area contributed by atoms with Gasteiger partial charge in [0.05, 0.1) is 18.8 Å². The van der Waals surface area contributed by atoms with Crippen molar-refractivity contribution in [1.29, 1.82) is 0 Å². The maximum absolute atomic E-state index is 11.8. The predicted molar refractivity (Wildman–Crippen MR) is 84.7 cm³/mol. The molecule has 3 N–H and O–H groups in total. The molecule has 1 saturated heterocycles. The molecule has 1 atom stereocenters. The van der Waals surface area contributed by atoms with E-state index < -0.39 is 20.9 Å². The number of hydrogen-bond donors (Lipinski definition) is 2. The van der Waals surface area contributed by atoms with Crippen LogP contribution in [0.3, 0.4) is 0 Å². The molecule has 0 saturated carbocycles. The normalized spacial score (nSPS) is 19.1. The van der Waals surface area contributed by atoms with Gasteiger partial charge < -0.3 is 9.84 Å². The summed E-state index contributed by atoms with van der Waals surface area (Å²) in [5, 5.41) is 14.2. The Morgan fingerprint density at radius 3 is 2.27 bits per heavy atom. The van der Waals surface area contributed by atoms with Crippen LogP contribution in [0.5, 0.6) is 0 Å². The first-order valence-electron chi connectivity index (χ1n) is 7.31. The summed E-state index contributed by atoms with van der Waals surface area (Å²) in [5.74, 6) is 0.